The average molecular weight is 338 g/mol. The first-order valence-corrected chi connectivity index (χ1v) is 8.21. The second-order valence-corrected chi connectivity index (χ2v) is 6.31. The van der Waals surface area contributed by atoms with Crippen molar-refractivity contribution in [1.82, 2.24) is 10.1 Å². The highest BCUT2D eigenvalue weighted by Gasteiger charge is 2.16. The van der Waals surface area contributed by atoms with Gasteiger partial charge in [0.15, 0.2) is 5.58 Å². The number of amides is 1. The molecule has 0 aliphatic carbocycles. The Morgan fingerprint density at radius 2 is 1.88 bits per heavy atom. The van der Waals surface area contributed by atoms with Gasteiger partial charge in [0.1, 0.15) is 11.4 Å². The smallest absolute Gasteiger partial charge is 0.228 e. The molecule has 2 aromatic carbocycles. The number of likely N-dealkylation sites (N-methyl/N-ethyl adjacent to an activating group) is 1. The van der Waals surface area contributed by atoms with E-state index in [9.17, 15) is 4.79 Å². The summed E-state index contributed by atoms with van der Waals surface area (Å²) in [5, 5.41) is 4.93. The minimum atomic E-state index is 0.00479. The Hall–Kier alpha value is -2.82. The molecule has 0 fully saturated rings. The first kappa shape index (κ1) is 17.0. The lowest BCUT2D eigenvalue weighted by Crippen LogP contribution is -2.28. The molecular weight excluding hydrogens is 316 g/mol. The lowest BCUT2D eigenvalue weighted by Gasteiger charge is -2.18. The summed E-state index contributed by atoms with van der Waals surface area (Å²) in [4.78, 5) is 14.3. The lowest BCUT2D eigenvalue weighted by atomic mass is 10.1. The lowest BCUT2D eigenvalue weighted by molar-refractivity contribution is -0.129. The van der Waals surface area contributed by atoms with Crippen LogP contribution < -0.4 is 4.74 Å². The Labute approximate surface area is 147 Å². The van der Waals surface area contributed by atoms with Gasteiger partial charge in [0, 0.05) is 19.0 Å². The van der Waals surface area contributed by atoms with Gasteiger partial charge in [0.2, 0.25) is 5.91 Å². The van der Waals surface area contributed by atoms with E-state index in [1.807, 2.05) is 38.1 Å². The molecule has 3 rings (SSSR count). The summed E-state index contributed by atoms with van der Waals surface area (Å²) in [6, 6.07) is 11.7. The quantitative estimate of drug-likeness (QED) is 0.712. The number of benzene rings is 2. The number of methoxy groups -OCH3 is 1. The fourth-order valence-electron chi connectivity index (χ4n) is 3.16. The van der Waals surface area contributed by atoms with Crippen LogP contribution in [0, 0.1) is 13.8 Å². The van der Waals surface area contributed by atoms with E-state index in [0.29, 0.717) is 17.8 Å². The van der Waals surface area contributed by atoms with Crippen molar-refractivity contribution in [1.29, 1.82) is 0 Å². The van der Waals surface area contributed by atoms with E-state index in [0.717, 1.165) is 27.8 Å². The zero-order chi connectivity index (χ0) is 18.0. The summed E-state index contributed by atoms with van der Waals surface area (Å²) in [6.45, 7) is 4.57. The van der Waals surface area contributed by atoms with Crippen LogP contribution in [0.3, 0.4) is 0 Å². The number of ether oxygens (including phenoxy) is 1. The van der Waals surface area contributed by atoms with Gasteiger partial charge >= 0.3 is 0 Å². The van der Waals surface area contributed by atoms with Crippen molar-refractivity contribution >= 4 is 16.9 Å². The van der Waals surface area contributed by atoms with Crippen molar-refractivity contribution in [3.63, 3.8) is 0 Å². The number of hydrogen-bond acceptors (Lipinski definition) is 4. The van der Waals surface area contributed by atoms with Crippen LogP contribution in [-0.2, 0) is 17.8 Å². The summed E-state index contributed by atoms with van der Waals surface area (Å²) in [5.41, 5.74) is 4.60. The van der Waals surface area contributed by atoms with E-state index in [1.54, 1.807) is 19.1 Å². The fraction of sp³-hybridized carbons (Fsp3) is 0.300. The molecule has 5 nitrogen and oxygen atoms in total. The van der Waals surface area contributed by atoms with Gasteiger partial charge in [-0.25, -0.2) is 0 Å². The van der Waals surface area contributed by atoms with Gasteiger partial charge in [-0.1, -0.05) is 29.4 Å². The standard InChI is InChI=1S/C20H22N2O3/c1-13-9-15(10-14(2)20(13)24-4)12-22(3)19(23)11-17-16-7-5-6-8-18(16)25-21-17/h5-10H,11-12H2,1-4H3. The van der Waals surface area contributed by atoms with Crippen molar-refractivity contribution in [2.24, 2.45) is 0 Å². The van der Waals surface area contributed by atoms with Crippen molar-refractivity contribution in [2.75, 3.05) is 14.2 Å². The maximum absolute atomic E-state index is 12.6. The van der Waals surface area contributed by atoms with Crippen LogP contribution in [0.4, 0.5) is 0 Å². The Kier molecular flexibility index (Phi) is 4.74. The average Bonchev–Trinajstić information content (AvgIpc) is 2.98. The predicted molar refractivity (Wildman–Crippen MR) is 96.7 cm³/mol. The van der Waals surface area contributed by atoms with Gasteiger partial charge < -0.3 is 14.2 Å². The molecule has 0 spiro atoms. The number of fused-ring (bicyclic) bond motifs is 1. The van der Waals surface area contributed by atoms with Gasteiger partial charge in [0.05, 0.1) is 13.5 Å². The van der Waals surface area contributed by atoms with Crippen LogP contribution in [0.25, 0.3) is 11.0 Å². The van der Waals surface area contributed by atoms with E-state index < -0.39 is 0 Å². The molecule has 1 amide bonds. The third kappa shape index (κ3) is 3.50. The molecule has 1 aromatic heterocycles. The van der Waals surface area contributed by atoms with Crippen molar-refractivity contribution in [2.45, 2.75) is 26.8 Å². The molecule has 0 saturated carbocycles. The van der Waals surface area contributed by atoms with Crippen LogP contribution >= 0.6 is 0 Å². The van der Waals surface area contributed by atoms with Crippen LogP contribution in [-0.4, -0.2) is 30.1 Å². The Bertz CT molecular complexity index is 891. The van der Waals surface area contributed by atoms with Crippen LogP contribution in [0.1, 0.15) is 22.4 Å². The number of hydrogen-bond donors (Lipinski definition) is 0. The maximum atomic E-state index is 12.6. The fourth-order valence-corrected chi connectivity index (χ4v) is 3.16. The number of carbonyl (C=O) groups is 1. The Morgan fingerprint density at radius 3 is 2.56 bits per heavy atom. The number of aryl methyl sites for hydroxylation is 2. The molecule has 25 heavy (non-hydrogen) atoms. The molecule has 0 atom stereocenters. The van der Waals surface area contributed by atoms with Gasteiger partial charge in [0.25, 0.3) is 0 Å². The Balaban J connectivity index is 1.73. The van der Waals surface area contributed by atoms with E-state index >= 15 is 0 Å². The molecule has 0 unspecified atom stereocenters. The number of rotatable bonds is 5. The molecule has 5 heteroatoms. The topological polar surface area (TPSA) is 55.6 Å². The molecule has 0 radical (unpaired) electrons. The summed E-state index contributed by atoms with van der Waals surface area (Å²) in [7, 11) is 3.48. The summed E-state index contributed by atoms with van der Waals surface area (Å²) in [6.07, 6.45) is 0.224. The minimum Gasteiger partial charge on any atom is -0.496 e. The summed E-state index contributed by atoms with van der Waals surface area (Å²) < 4.78 is 10.7. The highest BCUT2D eigenvalue weighted by Crippen LogP contribution is 2.25. The van der Waals surface area contributed by atoms with Gasteiger partial charge in [-0.05, 0) is 42.7 Å². The largest absolute Gasteiger partial charge is 0.496 e. The first-order valence-electron chi connectivity index (χ1n) is 8.21. The molecule has 3 aromatic rings. The molecule has 1 heterocycles. The van der Waals surface area contributed by atoms with Crippen molar-refractivity contribution < 1.29 is 14.1 Å². The van der Waals surface area contributed by atoms with Crippen molar-refractivity contribution in [3.05, 3.63) is 58.8 Å². The summed E-state index contributed by atoms with van der Waals surface area (Å²) >= 11 is 0. The molecular formula is C20H22N2O3. The molecule has 0 aliphatic rings. The van der Waals surface area contributed by atoms with E-state index in [-0.39, 0.29) is 12.3 Å². The van der Waals surface area contributed by atoms with Crippen molar-refractivity contribution in [3.8, 4) is 5.75 Å². The zero-order valence-corrected chi connectivity index (χ0v) is 15.0. The molecule has 0 saturated heterocycles. The number of nitrogens with zero attached hydrogens (tertiary/aromatic N) is 2. The zero-order valence-electron chi connectivity index (χ0n) is 15.0. The van der Waals surface area contributed by atoms with E-state index in [4.69, 9.17) is 9.26 Å². The normalized spacial score (nSPS) is 10.9. The Morgan fingerprint density at radius 1 is 1.20 bits per heavy atom. The highest BCUT2D eigenvalue weighted by atomic mass is 16.5. The third-order valence-corrected chi connectivity index (χ3v) is 4.34. The second-order valence-electron chi connectivity index (χ2n) is 6.31. The van der Waals surface area contributed by atoms with Crippen LogP contribution in [0.15, 0.2) is 40.9 Å². The van der Waals surface area contributed by atoms with E-state index in [2.05, 4.69) is 17.3 Å². The van der Waals surface area contributed by atoms with Gasteiger partial charge in [-0.3, -0.25) is 4.79 Å². The van der Waals surface area contributed by atoms with E-state index in [1.165, 1.54) is 0 Å². The predicted octanol–water partition coefficient (Wildman–Crippen LogP) is 3.65. The first-order chi connectivity index (χ1) is 12.0. The molecule has 0 aliphatic heterocycles. The highest BCUT2D eigenvalue weighted by molar-refractivity contribution is 5.86. The molecule has 0 bridgehead atoms. The molecule has 130 valence electrons. The number of aromatic nitrogens is 1. The van der Waals surface area contributed by atoms with Crippen LogP contribution in [0.5, 0.6) is 5.75 Å². The SMILES string of the molecule is COc1c(C)cc(CN(C)C(=O)Cc2noc3ccccc23)cc1C. The summed E-state index contributed by atoms with van der Waals surface area (Å²) in [5.74, 6) is 0.900. The van der Waals surface area contributed by atoms with Gasteiger partial charge in [-0.2, -0.15) is 0 Å². The second kappa shape index (κ2) is 6.97. The molecule has 0 N–H and O–H groups in total. The monoisotopic (exact) mass is 338 g/mol. The number of carbonyl (C=O) groups excluding carboxylic acids is 1. The third-order valence-electron chi connectivity index (χ3n) is 4.34. The van der Waals surface area contributed by atoms with Crippen LogP contribution in [0.2, 0.25) is 0 Å². The minimum absolute atomic E-state index is 0.00479. The maximum Gasteiger partial charge on any atom is 0.228 e. The number of para-hydroxylation sites is 1. The van der Waals surface area contributed by atoms with Gasteiger partial charge in [-0.15, -0.1) is 0 Å².